The Morgan fingerprint density at radius 3 is 1.32 bits per heavy atom. The summed E-state index contributed by atoms with van der Waals surface area (Å²) in [6.45, 7) is 1.22. The molecule has 0 aromatic rings. The van der Waals surface area contributed by atoms with Crippen LogP contribution in [0.5, 0.6) is 0 Å². The Labute approximate surface area is 163 Å². The predicted octanol–water partition coefficient (Wildman–Crippen LogP) is 1.83. The molecule has 0 aliphatic rings. The summed E-state index contributed by atoms with van der Waals surface area (Å²) in [5.41, 5.74) is -12.9. The van der Waals surface area contributed by atoms with Gasteiger partial charge in [0.25, 0.3) is 19.7 Å². The lowest BCUT2D eigenvalue weighted by molar-refractivity contribution is -0.158. The first-order valence-electron chi connectivity index (χ1n) is 6.94. The second kappa shape index (κ2) is 8.73. The molecule has 28 heavy (non-hydrogen) atoms. The minimum atomic E-state index is -7.06. The third kappa shape index (κ3) is 5.28. The van der Waals surface area contributed by atoms with E-state index in [-0.39, 0.29) is 0 Å². The number of hydrogen-bond donors (Lipinski definition) is 0. The third-order valence-electron chi connectivity index (χ3n) is 2.98. The zero-order chi connectivity index (χ0) is 22.8. The van der Waals surface area contributed by atoms with Gasteiger partial charge in [0.05, 0.1) is 13.2 Å². The maximum absolute atomic E-state index is 12.8. The van der Waals surface area contributed by atoms with Gasteiger partial charge < -0.3 is 9.47 Å². The molecule has 0 rings (SSSR count). The lowest BCUT2D eigenvalue weighted by Crippen LogP contribution is -2.53. The van der Waals surface area contributed by atoms with Crippen molar-refractivity contribution in [2.75, 3.05) is 13.2 Å². The van der Waals surface area contributed by atoms with Crippen molar-refractivity contribution in [1.82, 2.24) is 0 Å². The van der Waals surface area contributed by atoms with Gasteiger partial charge in [-0.05, 0) is 13.8 Å². The van der Waals surface area contributed by atoms with E-state index in [1.165, 1.54) is 0 Å². The number of alkyl halides is 7. The van der Waals surface area contributed by atoms with Crippen molar-refractivity contribution in [3.63, 3.8) is 0 Å². The van der Waals surface area contributed by atoms with Crippen LogP contribution in [0, 0.1) is 0 Å². The molecule has 0 amide bonds. The van der Waals surface area contributed by atoms with E-state index >= 15 is 0 Å². The maximum Gasteiger partial charge on any atom is 0.498 e. The van der Waals surface area contributed by atoms with Gasteiger partial charge in [-0.3, -0.25) is 0 Å². The minimum absolute atomic E-state index is 0.533. The van der Waals surface area contributed by atoms with Crippen LogP contribution < -0.4 is 0 Å². The Balaban J connectivity index is 6.76. The average molecular weight is 531 g/mol. The molecule has 0 bridgehead atoms. The van der Waals surface area contributed by atoms with Gasteiger partial charge in [-0.25, -0.2) is 26.4 Å². The highest BCUT2D eigenvalue weighted by atomic mass is 79.9. The van der Waals surface area contributed by atoms with Crippen LogP contribution in [0.15, 0.2) is 0 Å². The van der Waals surface area contributed by atoms with E-state index < -0.39 is 71.2 Å². The molecule has 0 aromatic heterocycles. The Bertz CT molecular complexity index is 740. The number of carbonyl (C=O) groups excluding carboxylic acids is 2. The summed E-state index contributed by atoms with van der Waals surface area (Å²) >= 11 is 2.22. The maximum atomic E-state index is 12.8. The molecule has 0 aliphatic carbocycles. The Kier molecular flexibility index (Phi) is 8.38. The van der Waals surface area contributed by atoms with Gasteiger partial charge in [0.15, 0.2) is 4.58 Å². The van der Waals surface area contributed by atoms with E-state index in [9.17, 15) is 52.8 Å². The fourth-order valence-corrected chi connectivity index (χ4v) is 6.16. The second-order valence-electron chi connectivity index (χ2n) is 4.86. The van der Waals surface area contributed by atoms with Crippen LogP contribution in [0.2, 0.25) is 0 Å². The van der Waals surface area contributed by atoms with Crippen LogP contribution in [0.4, 0.5) is 26.3 Å². The smallest absolute Gasteiger partial charge is 0.465 e. The molecule has 0 radical (unpaired) electrons. The van der Waals surface area contributed by atoms with Crippen molar-refractivity contribution in [3.8, 4) is 0 Å². The van der Waals surface area contributed by atoms with E-state index in [0.29, 0.717) is 0 Å². The fraction of sp³-hybridized carbons (Fsp3) is 0.818. The number of esters is 2. The number of hydrogen-bond acceptors (Lipinski definition) is 8. The summed E-state index contributed by atoms with van der Waals surface area (Å²) < 4.78 is 124. The van der Waals surface area contributed by atoms with Crippen LogP contribution in [-0.2, 0) is 38.7 Å². The Morgan fingerprint density at radius 2 is 1.11 bits per heavy atom. The summed E-state index contributed by atoms with van der Waals surface area (Å²) in [5.74, 6) is -3.68. The number of carbonyl (C=O) groups is 2. The highest BCUT2D eigenvalue weighted by Gasteiger charge is 2.66. The largest absolute Gasteiger partial charge is 0.498 e. The molecule has 8 nitrogen and oxygen atoms in total. The van der Waals surface area contributed by atoms with Gasteiger partial charge in [0.1, 0.15) is 0 Å². The summed E-state index contributed by atoms with van der Waals surface area (Å²) in [5, 5.41) is 0. The van der Waals surface area contributed by atoms with E-state index in [4.69, 9.17) is 0 Å². The molecule has 0 fully saturated rings. The molecule has 166 valence electrons. The monoisotopic (exact) mass is 530 g/mol. The molecule has 0 aromatic carbocycles. The van der Waals surface area contributed by atoms with Gasteiger partial charge in [-0.2, -0.15) is 26.3 Å². The average Bonchev–Trinajstić information content (AvgIpc) is 2.50. The first kappa shape index (κ1) is 26.9. The lowest BCUT2D eigenvalue weighted by atomic mass is 10.1. The van der Waals surface area contributed by atoms with Crippen molar-refractivity contribution < 1.29 is 62.2 Å². The molecule has 0 saturated carbocycles. The number of sulfone groups is 2. The highest BCUT2D eigenvalue weighted by Crippen LogP contribution is 2.42. The molecular formula is C11H13BrF6O8S2. The SMILES string of the molecule is CCOC(=O)C(Br)(CC(S(=O)(=O)C(F)(F)F)S(=O)(=O)C(F)(F)F)C(=O)OCC. The van der Waals surface area contributed by atoms with Gasteiger partial charge in [-0.1, -0.05) is 15.9 Å². The van der Waals surface area contributed by atoms with Crippen molar-refractivity contribution in [2.24, 2.45) is 0 Å². The summed E-state index contributed by atoms with van der Waals surface area (Å²) in [7, 11) is -14.1. The van der Waals surface area contributed by atoms with Crippen LogP contribution in [0.25, 0.3) is 0 Å². The van der Waals surface area contributed by atoms with Crippen LogP contribution in [0.3, 0.4) is 0 Å². The molecule has 0 spiro atoms. The molecule has 17 heteroatoms. The van der Waals surface area contributed by atoms with Crippen molar-refractivity contribution in [2.45, 2.75) is 40.2 Å². The summed E-state index contributed by atoms with van der Waals surface area (Å²) in [4.78, 5) is 23.9. The molecule has 0 atom stereocenters. The van der Waals surface area contributed by atoms with Gasteiger partial charge in [0.2, 0.25) is 4.32 Å². The zero-order valence-electron chi connectivity index (χ0n) is 13.9. The van der Waals surface area contributed by atoms with Crippen molar-refractivity contribution in [3.05, 3.63) is 0 Å². The van der Waals surface area contributed by atoms with E-state index in [1.54, 1.807) is 0 Å². The van der Waals surface area contributed by atoms with Gasteiger partial charge in [0, 0.05) is 6.42 Å². The topological polar surface area (TPSA) is 121 Å². The van der Waals surface area contributed by atoms with Crippen LogP contribution >= 0.6 is 15.9 Å². The standard InChI is InChI=1S/C11H13BrF6O8S2/c1-3-25-7(19)9(12,8(20)26-4-2)5-6(27(21,22)10(13,14)15)28(23,24)11(16,17)18/h6H,3-5H2,1-2H3. The molecule has 0 heterocycles. The second-order valence-corrected chi connectivity index (χ2v) is 10.8. The molecule has 0 unspecified atom stereocenters. The Hall–Kier alpha value is -1.10. The van der Waals surface area contributed by atoms with E-state index in [0.717, 1.165) is 13.8 Å². The minimum Gasteiger partial charge on any atom is -0.465 e. The first-order valence-corrected chi connectivity index (χ1v) is 10.8. The van der Waals surface area contributed by atoms with Gasteiger partial charge >= 0.3 is 23.0 Å². The lowest BCUT2D eigenvalue weighted by Gasteiger charge is -2.28. The predicted molar refractivity (Wildman–Crippen MR) is 83.3 cm³/mol. The van der Waals surface area contributed by atoms with Crippen molar-refractivity contribution in [1.29, 1.82) is 0 Å². The Morgan fingerprint density at radius 1 is 0.821 bits per heavy atom. The number of ether oxygens (including phenoxy) is 2. The van der Waals surface area contributed by atoms with Crippen molar-refractivity contribution >= 4 is 47.5 Å². The fourth-order valence-electron chi connectivity index (χ4n) is 1.65. The first-order chi connectivity index (χ1) is 12.3. The number of rotatable bonds is 8. The summed E-state index contributed by atoms with van der Waals surface area (Å²) in [6, 6.07) is 0. The van der Waals surface area contributed by atoms with Crippen LogP contribution in [0.1, 0.15) is 20.3 Å². The zero-order valence-corrected chi connectivity index (χ0v) is 17.1. The molecule has 0 saturated heterocycles. The molecule has 0 aliphatic heterocycles. The normalized spacial score (nSPS) is 14.1. The molecule has 0 N–H and O–H groups in total. The van der Waals surface area contributed by atoms with E-state index in [1.807, 2.05) is 0 Å². The highest BCUT2D eigenvalue weighted by molar-refractivity contribution is 9.10. The third-order valence-corrected chi connectivity index (χ3v) is 8.48. The van der Waals surface area contributed by atoms with E-state index in [2.05, 4.69) is 25.4 Å². The summed E-state index contributed by atoms with van der Waals surface area (Å²) in [6.07, 6.45) is -2.31. The molecular weight excluding hydrogens is 518 g/mol. The van der Waals surface area contributed by atoms with Crippen LogP contribution in [-0.4, -0.2) is 61.9 Å². The quantitative estimate of drug-likeness (QED) is 0.202. The van der Waals surface area contributed by atoms with Gasteiger partial charge in [-0.15, -0.1) is 0 Å². The number of halogens is 7.